The highest BCUT2D eigenvalue weighted by molar-refractivity contribution is 6.33. The number of nitro benzene ring substituents is 1. The molecule has 0 unspecified atom stereocenters. The van der Waals surface area contributed by atoms with Gasteiger partial charge in [0.15, 0.2) is 0 Å². The SMILES string of the molecule is O=[N+]([O-])c1ccc(-c2ccc(CNC3CC3)o2)c(Cl)c1. The number of hydrogen-bond donors (Lipinski definition) is 1. The van der Waals surface area contributed by atoms with E-state index in [1.54, 1.807) is 6.07 Å². The van der Waals surface area contributed by atoms with Crippen molar-refractivity contribution in [3.63, 3.8) is 0 Å². The Hall–Kier alpha value is -1.85. The first-order chi connectivity index (χ1) is 9.63. The molecule has 0 saturated heterocycles. The third-order valence-corrected chi connectivity index (χ3v) is 3.55. The molecule has 0 radical (unpaired) electrons. The third-order valence-electron chi connectivity index (χ3n) is 3.23. The highest BCUT2D eigenvalue weighted by atomic mass is 35.5. The van der Waals surface area contributed by atoms with Gasteiger partial charge in [0.2, 0.25) is 0 Å². The molecule has 5 nitrogen and oxygen atoms in total. The van der Waals surface area contributed by atoms with Crippen molar-refractivity contribution in [3.8, 4) is 11.3 Å². The Labute approximate surface area is 120 Å². The molecule has 0 aliphatic heterocycles. The number of non-ortho nitro benzene ring substituents is 1. The summed E-state index contributed by atoms with van der Waals surface area (Å²) >= 11 is 6.07. The van der Waals surface area contributed by atoms with Crippen LogP contribution in [0.1, 0.15) is 18.6 Å². The van der Waals surface area contributed by atoms with Gasteiger partial charge >= 0.3 is 0 Å². The molecule has 0 amide bonds. The van der Waals surface area contributed by atoms with Crippen LogP contribution in [0, 0.1) is 10.1 Å². The summed E-state index contributed by atoms with van der Waals surface area (Å²) in [6, 6.07) is 8.70. The minimum Gasteiger partial charge on any atom is -0.460 e. The van der Waals surface area contributed by atoms with Gasteiger partial charge in [-0.3, -0.25) is 10.1 Å². The van der Waals surface area contributed by atoms with Gasteiger partial charge in [0.25, 0.3) is 5.69 Å². The van der Waals surface area contributed by atoms with E-state index in [2.05, 4.69) is 5.32 Å². The zero-order chi connectivity index (χ0) is 14.1. The largest absolute Gasteiger partial charge is 0.460 e. The zero-order valence-corrected chi connectivity index (χ0v) is 11.4. The van der Waals surface area contributed by atoms with Gasteiger partial charge < -0.3 is 9.73 Å². The molecule has 1 heterocycles. The van der Waals surface area contributed by atoms with Gasteiger partial charge in [-0.05, 0) is 31.0 Å². The lowest BCUT2D eigenvalue weighted by Crippen LogP contribution is -2.14. The molecule has 104 valence electrons. The molecule has 0 bridgehead atoms. The van der Waals surface area contributed by atoms with Crippen LogP contribution in [0.25, 0.3) is 11.3 Å². The Balaban J connectivity index is 1.79. The first-order valence-electron chi connectivity index (χ1n) is 6.40. The molecule has 0 spiro atoms. The second-order valence-corrected chi connectivity index (χ2v) is 5.25. The maximum atomic E-state index is 10.7. The van der Waals surface area contributed by atoms with Crippen LogP contribution in [0.15, 0.2) is 34.7 Å². The van der Waals surface area contributed by atoms with Crippen LogP contribution >= 0.6 is 11.6 Å². The smallest absolute Gasteiger partial charge is 0.270 e. The normalized spacial score (nSPS) is 14.4. The van der Waals surface area contributed by atoms with E-state index >= 15 is 0 Å². The lowest BCUT2D eigenvalue weighted by Gasteiger charge is -2.02. The van der Waals surface area contributed by atoms with Crippen LogP contribution in [-0.2, 0) is 6.54 Å². The zero-order valence-electron chi connectivity index (χ0n) is 10.6. The van der Waals surface area contributed by atoms with Gasteiger partial charge in [0.1, 0.15) is 11.5 Å². The van der Waals surface area contributed by atoms with Gasteiger partial charge in [-0.15, -0.1) is 0 Å². The number of nitrogens with one attached hydrogen (secondary N) is 1. The summed E-state index contributed by atoms with van der Waals surface area (Å²) in [6.07, 6.45) is 2.45. The molecule has 2 aromatic rings. The highest BCUT2D eigenvalue weighted by Gasteiger charge is 2.20. The van der Waals surface area contributed by atoms with E-state index in [0.717, 1.165) is 5.76 Å². The van der Waals surface area contributed by atoms with E-state index in [-0.39, 0.29) is 5.69 Å². The molecule has 1 saturated carbocycles. The van der Waals surface area contributed by atoms with E-state index in [1.165, 1.54) is 25.0 Å². The molecule has 1 aromatic heterocycles. The van der Waals surface area contributed by atoms with Crippen LogP contribution in [0.4, 0.5) is 5.69 Å². The van der Waals surface area contributed by atoms with Gasteiger partial charge in [-0.2, -0.15) is 0 Å². The number of halogens is 1. The van der Waals surface area contributed by atoms with Crippen LogP contribution < -0.4 is 5.32 Å². The van der Waals surface area contributed by atoms with Crippen molar-refractivity contribution in [2.75, 3.05) is 0 Å². The fourth-order valence-corrected chi connectivity index (χ4v) is 2.24. The van der Waals surface area contributed by atoms with Crippen LogP contribution in [0.3, 0.4) is 0 Å². The molecule has 3 rings (SSSR count). The van der Waals surface area contributed by atoms with Crippen LogP contribution in [0.2, 0.25) is 5.02 Å². The van der Waals surface area contributed by atoms with Crippen molar-refractivity contribution in [3.05, 3.63) is 51.2 Å². The number of furan rings is 1. The molecule has 1 aliphatic carbocycles. The number of hydrogen-bond acceptors (Lipinski definition) is 4. The topological polar surface area (TPSA) is 68.3 Å². The number of nitro groups is 1. The van der Waals surface area contributed by atoms with Gasteiger partial charge in [-0.1, -0.05) is 11.6 Å². The fraction of sp³-hybridized carbons (Fsp3) is 0.286. The predicted molar refractivity (Wildman–Crippen MR) is 75.7 cm³/mol. The molecular formula is C14H13ClN2O3. The number of rotatable bonds is 5. The molecular weight excluding hydrogens is 280 g/mol. The first kappa shape index (κ1) is 13.1. The second kappa shape index (κ2) is 5.26. The van der Waals surface area contributed by atoms with Gasteiger partial charge in [0, 0.05) is 23.7 Å². The summed E-state index contributed by atoms with van der Waals surface area (Å²) in [7, 11) is 0. The summed E-state index contributed by atoms with van der Waals surface area (Å²) in [5, 5.41) is 14.4. The van der Waals surface area contributed by atoms with E-state index < -0.39 is 4.92 Å². The second-order valence-electron chi connectivity index (χ2n) is 4.84. The van der Waals surface area contributed by atoms with Gasteiger partial charge in [-0.25, -0.2) is 0 Å². The average Bonchev–Trinajstić information content (AvgIpc) is 3.14. The number of nitrogens with zero attached hydrogens (tertiary/aromatic N) is 1. The van der Waals surface area contributed by atoms with Crippen LogP contribution in [-0.4, -0.2) is 11.0 Å². The average molecular weight is 293 g/mol. The summed E-state index contributed by atoms with van der Waals surface area (Å²) in [5.41, 5.74) is 0.635. The summed E-state index contributed by atoms with van der Waals surface area (Å²) < 4.78 is 5.71. The Morgan fingerprint density at radius 2 is 2.15 bits per heavy atom. The van der Waals surface area contributed by atoms with Crippen LogP contribution in [0.5, 0.6) is 0 Å². The molecule has 0 atom stereocenters. The van der Waals surface area contributed by atoms with Crippen molar-refractivity contribution >= 4 is 17.3 Å². The molecule has 1 N–H and O–H groups in total. The van der Waals surface area contributed by atoms with Crippen molar-refractivity contribution in [2.45, 2.75) is 25.4 Å². The first-order valence-corrected chi connectivity index (χ1v) is 6.77. The van der Waals surface area contributed by atoms with Crippen molar-refractivity contribution < 1.29 is 9.34 Å². The Morgan fingerprint density at radius 1 is 1.35 bits per heavy atom. The molecule has 20 heavy (non-hydrogen) atoms. The molecule has 1 aliphatic rings. The van der Waals surface area contributed by atoms with Crippen molar-refractivity contribution in [2.24, 2.45) is 0 Å². The predicted octanol–water partition coefficient (Wildman–Crippen LogP) is 3.76. The lowest BCUT2D eigenvalue weighted by atomic mass is 10.1. The Morgan fingerprint density at radius 3 is 2.80 bits per heavy atom. The monoisotopic (exact) mass is 292 g/mol. The van der Waals surface area contributed by atoms with E-state index in [9.17, 15) is 10.1 Å². The summed E-state index contributed by atoms with van der Waals surface area (Å²) in [5.74, 6) is 1.46. The molecule has 1 aromatic carbocycles. The highest BCUT2D eigenvalue weighted by Crippen LogP contribution is 2.32. The summed E-state index contributed by atoms with van der Waals surface area (Å²) in [4.78, 5) is 10.2. The Kier molecular flexibility index (Phi) is 3.46. The molecule has 6 heteroatoms. The third kappa shape index (κ3) is 2.84. The fourth-order valence-electron chi connectivity index (χ4n) is 1.97. The molecule has 1 fully saturated rings. The van der Waals surface area contributed by atoms with Crippen molar-refractivity contribution in [1.82, 2.24) is 5.32 Å². The maximum absolute atomic E-state index is 10.7. The summed E-state index contributed by atoms with van der Waals surface area (Å²) in [6.45, 7) is 0.690. The standard InChI is InChI=1S/C14H13ClN2O3/c15-13-7-10(17(18)19)3-5-12(13)14-6-4-11(20-14)8-16-9-1-2-9/h3-7,9,16H,1-2,8H2. The van der Waals surface area contributed by atoms with Gasteiger partial charge in [0.05, 0.1) is 16.5 Å². The van der Waals surface area contributed by atoms with E-state index in [1.807, 2.05) is 12.1 Å². The van der Waals surface area contributed by atoms with Crippen molar-refractivity contribution in [1.29, 1.82) is 0 Å². The minimum absolute atomic E-state index is 0.0269. The number of benzene rings is 1. The van der Waals surface area contributed by atoms with E-state index in [0.29, 0.717) is 28.9 Å². The minimum atomic E-state index is -0.469. The quantitative estimate of drug-likeness (QED) is 0.673. The Bertz CT molecular complexity index is 650. The van der Waals surface area contributed by atoms with E-state index in [4.69, 9.17) is 16.0 Å². The maximum Gasteiger partial charge on any atom is 0.270 e. The lowest BCUT2D eigenvalue weighted by molar-refractivity contribution is -0.384.